The quantitative estimate of drug-likeness (QED) is 0.526. The molecule has 1 amide bonds. The lowest BCUT2D eigenvalue weighted by atomic mass is 10.00. The van der Waals surface area contributed by atoms with E-state index in [-0.39, 0.29) is 23.0 Å². The van der Waals surface area contributed by atoms with Crippen LogP contribution in [-0.2, 0) is 14.8 Å². The van der Waals surface area contributed by atoms with E-state index in [1.807, 2.05) is 6.92 Å². The fourth-order valence-corrected chi connectivity index (χ4v) is 5.69. The molecule has 3 rings (SSSR count). The van der Waals surface area contributed by atoms with E-state index >= 15 is 0 Å². The Bertz CT molecular complexity index is 1010. The lowest BCUT2D eigenvalue weighted by Gasteiger charge is -2.35. The summed E-state index contributed by atoms with van der Waals surface area (Å²) in [5, 5.41) is 2.85. The SMILES string of the molecule is CCC1CCCCN1CCCNC(=O)CN(c1ccc(F)cc1)S(=O)(=O)c1ccc(C)cc1. The zero-order valence-corrected chi connectivity index (χ0v) is 20.3. The zero-order chi connectivity index (χ0) is 23.8. The van der Waals surface area contributed by atoms with Crippen LogP contribution in [0.5, 0.6) is 0 Å². The summed E-state index contributed by atoms with van der Waals surface area (Å²) in [6, 6.07) is 12.2. The number of halogens is 1. The van der Waals surface area contributed by atoms with Gasteiger partial charge >= 0.3 is 0 Å². The fourth-order valence-electron chi connectivity index (χ4n) is 4.27. The number of amides is 1. The molecule has 2 aromatic rings. The topological polar surface area (TPSA) is 69.7 Å². The lowest BCUT2D eigenvalue weighted by molar-refractivity contribution is -0.119. The third-order valence-corrected chi connectivity index (χ3v) is 7.96. The van der Waals surface area contributed by atoms with Gasteiger partial charge in [-0.3, -0.25) is 9.10 Å². The van der Waals surface area contributed by atoms with Crippen LogP contribution in [0.25, 0.3) is 0 Å². The van der Waals surface area contributed by atoms with Crippen LogP contribution in [0.3, 0.4) is 0 Å². The summed E-state index contributed by atoms with van der Waals surface area (Å²) in [7, 11) is -4.00. The molecule has 1 N–H and O–H groups in total. The molecule has 1 aliphatic heterocycles. The van der Waals surface area contributed by atoms with E-state index in [9.17, 15) is 17.6 Å². The highest BCUT2D eigenvalue weighted by Crippen LogP contribution is 2.24. The number of sulfonamides is 1. The molecule has 0 spiro atoms. The number of rotatable bonds is 10. The molecule has 1 unspecified atom stereocenters. The number of hydrogen-bond acceptors (Lipinski definition) is 4. The molecule has 0 aliphatic carbocycles. The van der Waals surface area contributed by atoms with Gasteiger partial charge in [0.2, 0.25) is 5.91 Å². The van der Waals surface area contributed by atoms with Gasteiger partial charge in [-0.25, -0.2) is 12.8 Å². The van der Waals surface area contributed by atoms with E-state index in [4.69, 9.17) is 0 Å². The number of nitrogens with zero attached hydrogens (tertiary/aromatic N) is 2. The summed E-state index contributed by atoms with van der Waals surface area (Å²) in [5.74, 6) is -0.861. The molecular weight excluding hydrogens is 441 g/mol. The monoisotopic (exact) mass is 475 g/mol. The van der Waals surface area contributed by atoms with Crippen LogP contribution in [0.4, 0.5) is 10.1 Å². The highest BCUT2D eigenvalue weighted by molar-refractivity contribution is 7.92. The number of carbonyl (C=O) groups excluding carboxylic acids is 1. The van der Waals surface area contributed by atoms with Crippen molar-refractivity contribution in [3.05, 3.63) is 59.9 Å². The molecule has 1 fully saturated rings. The Balaban J connectivity index is 1.65. The molecule has 8 heteroatoms. The second-order valence-corrected chi connectivity index (χ2v) is 10.5. The van der Waals surface area contributed by atoms with E-state index in [0.717, 1.165) is 35.8 Å². The van der Waals surface area contributed by atoms with Gasteiger partial charge in [-0.1, -0.05) is 31.0 Å². The number of nitrogens with one attached hydrogen (secondary N) is 1. The van der Waals surface area contributed by atoms with E-state index < -0.39 is 15.8 Å². The Morgan fingerprint density at radius 1 is 1.12 bits per heavy atom. The summed E-state index contributed by atoms with van der Waals surface area (Å²) >= 11 is 0. The molecule has 1 atom stereocenters. The first-order chi connectivity index (χ1) is 15.8. The summed E-state index contributed by atoms with van der Waals surface area (Å²) < 4.78 is 41.1. The van der Waals surface area contributed by atoms with Gasteiger partial charge in [-0.05, 0) is 75.5 Å². The van der Waals surface area contributed by atoms with E-state index in [1.165, 1.54) is 55.7 Å². The Hall–Kier alpha value is -2.45. The number of hydrogen-bond donors (Lipinski definition) is 1. The molecule has 1 saturated heterocycles. The average Bonchev–Trinajstić information content (AvgIpc) is 2.81. The van der Waals surface area contributed by atoms with Crippen molar-refractivity contribution in [2.24, 2.45) is 0 Å². The number of likely N-dealkylation sites (tertiary alicyclic amines) is 1. The molecule has 180 valence electrons. The number of aryl methyl sites for hydroxylation is 1. The Labute approximate surface area is 196 Å². The van der Waals surface area contributed by atoms with Crippen LogP contribution in [0, 0.1) is 12.7 Å². The van der Waals surface area contributed by atoms with Gasteiger partial charge in [0.15, 0.2) is 0 Å². The summed E-state index contributed by atoms with van der Waals surface area (Å²) in [6.07, 6.45) is 5.67. The van der Waals surface area contributed by atoms with E-state index in [1.54, 1.807) is 12.1 Å². The van der Waals surface area contributed by atoms with Gasteiger partial charge < -0.3 is 10.2 Å². The number of benzene rings is 2. The van der Waals surface area contributed by atoms with Crippen LogP contribution in [0.15, 0.2) is 53.4 Å². The first-order valence-corrected chi connectivity index (χ1v) is 13.1. The molecule has 0 radical (unpaired) electrons. The van der Waals surface area contributed by atoms with Gasteiger partial charge in [0, 0.05) is 19.1 Å². The predicted molar refractivity (Wildman–Crippen MR) is 129 cm³/mol. The molecule has 6 nitrogen and oxygen atoms in total. The average molecular weight is 476 g/mol. The van der Waals surface area contributed by atoms with E-state index in [0.29, 0.717) is 12.6 Å². The largest absolute Gasteiger partial charge is 0.354 e. The van der Waals surface area contributed by atoms with Crippen molar-refractivity contribution in [1.29, 1.82) is 0 Å². The van der Waals surface area contributed by atoms with Crippen molar-refractivity contribution < 1.29 is 17.6 Å². The molecule has 1 aliphatic rings. The minimum Gasteiger partial charge on any atom is -0.354 e. The first kappa shape index (κ1) is 25.2. The molecule has 33 heavy (non-hydrogen) atoms. The van der Waals surface area contributed by atoms with Crippen LogP contribution in [0.2, 0.25) is 0 Å². The van der Waals surface area contributed by atoms with Crippen molar-refractivity contribution in [3.63, 3.8) is 0 Å². The lowest BCUT2D eigenvalue weighted by Crippen LogP contribution is -2.43. The van der Waals surface area contributed by atoms with Gasteiger partial charge in [-0.15, -0.1) is 0 Å². The van der Waals surface area contributed by atoms with Crippen LogP contribution in [-0.4, -0.2) is 51.4 Å². The summed E-state index contributed by atoms with van der Waals surface area (Å²) in [6.45, 7) is 6.20. The zero-order valence-electron chi connectivity index (χ0n) is 19.5. The van der Waals surface area contributed by atoms with Crippen LogP contribution < -0.4 is 9.62 Å². The summed E-state index contributed by atoms with van der Waals surface area (Å²) in [5.41, 5.74) is 1.17. The Morgan fingerprint density at radius 2 is 1.82 bits per heavy atom. The molecule has 0 saturated carbocycles. The minimum atomic E-state index is -4.00. The van der Waals surface area contributed by atoms with Crippen molar-refractivity contribution in [2.45, 2.75) is 56.9 Å². The number of anilines is 1. The van der Waals surface area contributed by atoms with E-state index in [2.05, 4.69) is 17.1 Å². The maximum atomic E-state index is 13.4. The van der Waals surface area contributed by atoms with Crippen molar-refractivity contribution in [2.75, 3.05) is 30.5 Å². The van der Waals surface area contributed by atoms with Gasteiger partial charge in [-0.2, -0.15) is 0 Å². The van der Waals surface area contributed by atoms with Crippen molar-refractivity contribution in [3.8, 4) is 0 Å². The second kappa shape index (κ2) is 11.6. The van der Waals surface area contributed by atoms with Crippen molar-refractivity contribution in [1.82, 2.24) is 10.2 Å². The minimum absolute atomic E-state index is 0.0842. The standard InChI is InChI=1S/C25H34FN3O3S/c1-3-22-7-4-5-17-28(22)18-6-16-27-25(30)19-29(23-12-10-21(26)11-13-23)33(31,32)24-14-8-20(2)9-15-24/h8-15,22H,3-7,16-19H2,1-2H3,(H,27,30). The third-order valence-electron chi connectivity index (χ3n) is 6.18. The predicted octanol–water partition coefficient (Wildman–Crippen LogP) is 4.10. The second-order valence-electron chi connectivity index (χ2n) is 8.60. The third kappa shape index (κ3) is 6.77. The summed E-state index contributed by atoms with van der Waals surface area (Å²) in [4.78, 5) is 15.3. The molecule has 0 aromatic heterocycles. The van der Waals surface area contributed by atoms with Crippen LogP contribution >= 0.6 is 0 Å². The number of piperidine rings is 1. The molecule has 1 heterocycles. The normalized spacial score (nSPS) is 17.0. The highest BCUT2D eigenvalue weighted by Gasteiger charge is 2.27. The maximum absolute atomic E-state index is 13.4. The molecular formula is C25H34FN3O3S. The van der Waals surface area contributed by atoms with Gasteiger partial charge in [0.25, 0.3) is 10.0 Å². The Kier molecular flexibility index (Phi) is 8.86. The van der Waals surface area contributed by atoms with Crippen LogP contribution in [0.1, 0.15) is 44.6 Å². The van der Waals surface area contributed by atoms with Gasteiger partial charge in [0.1, 0.15) is 12.4 Å². The number of carbonyl (C=O) groups is 1. The van der Waals surface area contributed by atoms with Gasteiger partial charge in [0.05, 0.1) is 10.6 Å². The van der Waals surface area contributed by atoms with Crippen molar-refractivity contribution >= 4 is 21.6 Å². The Morgan fingerprint density at radius 3 is 2.48 bits per heavy atom. The smallest absolute Gasteiger partial charge is 0.264 e. The molecule has 2 aromatic carbocycles. The first-order valence-electron chi connectivity index (χ1n) is 11.7. The fraction of sp³-hybridized carbons (Fsp3) is 0.480. The highest BCUT2D eigenvalue weighted by atomic mass is 32.2. The maximum Gasteiger partial charge on any atom is 0.264 e. The molecule has 0 bridgehead atoms.